The Hall–Kier alpha value is -0.930. The molecule has 1 amide bonds. The molecule has 1 aromatic carbocycles. The van der Waals surface area contributed by atoms with E-state index in [2.05, 4.69) is 52.0 Å². The maximum Gasteiger partial charge on any atom is 0.257 e. The van der Waals surface area contributed by atoms with Crippen LogP contribution in [0.15, 0.2) is 18.2 Å². The number of methoxy groups -OCH3 is 1. The molecule has 0 aliphatic carbocycles. The van der Waals surface area contributed by atoms with Gasteiger partial charge in [-0.2, -0.15) is 0 Å². The Kier molecular flexibility index (Phi) is 8.66. The van der Waals surface area contributed by atoms with Gasteiger partial charge in [0, 0.05) is 18.7 Å². The van der Waals surface area contributed by atoms with Crippen LogP contribution in [0.25, 0.3) is 0 Å². The van der Waals surface area contributed by atoms with Crippen LogP contribution in [0.1, 0.15) is 24.2 Å². The minimum absolute atomic E-state index is 0.221. The molecule has 1 rings (SSSR count). The van der Waals surface area contributed by atoms with Crippen molar-refractivity contribution in [2.45, 2.75) is 13.8 Å². The van der Waals surface area contributed by atoms with Gasteiger partial charge in [0.05, 0.1) is 10.7 Å². The quantitative estimate of drug-likeness (QED) is 0.509. The summed E-state index contributed by atoms with van der Waals surface area (Å²) in [6.45, 7) is 7.84. The van der Waals surface area contributed by atoms with Gasteiger partial charge in [0.2, 0.25) is 0 Å². The summed E-state index contributed by atoms with van der Waals surface area (Å²) in [4.78, 5) is 14.4. The van der Waals surface area contributed by atoms with Crippen molar-refractivity contribution in [3.63, 3.8) is 0 Å². The van der Waals surface area contributed by atoms with Gasteiger partial charge in [-0.3, -0.25) is 10.1 Å². The molecule has 0 aliphatic heterocycles. The zero-order valence-electron chi connectivity index (χ0n) is 13.1. The lowest BCUT2D eigenvalue weighted by Gasteiger charge is -2.18. The second-order valence-corrected chi connectivity index (χ2v) is 6.16. The van der Waals surface area contributed by atoms with E-state index in [0.29, 0.717) is 17.2 Å². The average molecular weight is 435 g/mol. The molecule has 0 saturated heterocycles. The van der Waals surface area contributed by atoms with Crippen LogP contribution >= 0.6 is 34.8 Å². The number of rotatable bonds is 7. The second-order valence-electron chi connectivity index (χ2n) is 4.59. The number of halogens is 1. The molecule has 5 nitrogen and oxygen atoms in total. The number of ether oxygens (including phenoxy) is 1. The SMILES string of the molecule is CCN(CC)CCNC(=S)NC(=O)c1ccc(OC)c(I)c1. The van der Waals surface area contributed by atoms with E-state index in [1.54, 1.807) is 25.3 Å². The van der Waals surface area contributed by atoms with E-state index >= 15 is 0 Å². The Labute approximate surface area is 150 Å². The zero-order chi connectivity index (χ0) is 16.5. The van der Waals surface area contributed by atoms with E-state index in [4.69, 9.17) is 17.0 Å². The van der Waals surface area contributed by atoms with E-state index in [0.717, 1.165) is 29.0 Å². The molecule has 0 unspecified atom stereocenters. The van der Waals surface area contributed by atoms with Crippen LogP contribution < -0.4 is 15.4 Å². The van der Waals surface area contributed by atoms with Crippen LogP contribution in [0.2, 0.25) is 0 Å². The Bertz CT molecular complexity index is 522. The summed E-state index contributed by atoms with van der Waals surface area (Å²) in [5.41, 5.74) is 0.554. The normalized spacial score (nSPS) is 10.4. The van der Waals surface area contributed by atoms with Gasteiger partial charge in [0.25, 0.3) is 5.91 Å². The van der Waals surface area contributed by atoms with Gasteiger partial charge in [-0.1, -0.05) is 13.8 Å². The maximum absolute atomic E-state index is 12.1. The van der Waals surface area contributed by atoms with Crippen LogP contribution in [0.3, 0.4) is 0 Å². The summed E-state index contributed by atoms with van der Waals surface area (Å²) in [6.07, 6.45) is 0. The van der Waals surface area contributed by atoms with Gasteiger partial charge >= 0.3 is 0 Å². The highest BCUT2D eigenvalue weighted by Crippen LogP contribution is 2.21. The number of hydrogen-bond donors (Lipinski definition) is 2. The van der Waals surface area contributed by atoms with Gasteiger partial charge in [-0.25, -0.2) is 0 Å². The fourth-order valence-electron chi connectivity index (χ4n) is 1.89. The summed E-state index contributed by atoms with van der Waals surface area (Å²) in [5, 5.41) is 6.09. The topological polar surface area (TPSA) is 53.6 Å². The molecule has 0 aromatic heterocycles. The fourth-order valence-corrected chi connectivity index (χ4v) is 2.82. The fraction of sp³-hybridized carbons (Fsp3) is 0.467. The molecule has 122 valence electrons. The summed E-state index contributed by atoms with van der Waals surface area (Å²) in [7, 11) is 1.60. The first-order chi connectivity index (χ1) is 10.5. The number of amides is 1. The molecule has 0 saturated carbocycles. The molecule has 0 radical (unpaired) electrons. The van der Waals surface area contributed by atoms with Gasteiger partial charge < -0.3 is 15.0 Å². The lowest BCUT2D eigenvalue weighted by Crippen LogP contribution is -2.42. The summed E-state index contributed by atoms with van der Waals surface area (Å²) in [5.74, 6) is 0.526. The van der Waals surface area contributed by atoms with Crippen molar-refractivity contribution >= 4 is 45.8 Å². The number of hydrogen-bond acceptors (Lipinski definition) is 4. The first-order valence-electron chi connectivity index (χ1n) is 7.16. The molecule has 22 heavy (non-hydrogen) atoms. The molecule has 1 aromatic rings. The van der Waals surface area contributed by atoms with Crippen molar-refractivity contribution in [3.05, 3.63) is 27.3 Å². The first-order valence-corrected chi connectivity index (χ1v) is 8.65. The number of carbonyl (C=O) groups excluding carboxylic acids is 1. The van der Waals surface area contributed by atoms with Crippen molar-refractivity contribution < 1.29 is 9.53 Å². The van der Waals surface area contributed by atoms with E-state index in [1.807, 2.05) is 0 Å². The van der Waals surface area contributed by atoms with Crippen LogP contribution in [0.5, 0.6) is 5.75 Å². The van der Waals surface area contributed by atoms with E-state index in [-0.39, 0.29) is 5.91 Å². The van der Waals surface area contributed by atoms with Gasteiger partial charge in [0.1, 0.15) is 5.75 Å². The van der Waals surface area contributed by atoms with Crippen LogP contribution in [0.4, 0.5) is 0 Å². The Morgan fingerprint density at radius 2 is 2.05 bits per heavy atom. The number of likely N-dealkylation sites (N-methyl/N-ethyl adjacent to an activating group) is 1. The molecule has 0 bridgehead atoms. The highest BCUT2D eigenvalue weighted by Gasteiger charge is 2.10. The van der Waals surface area contributed by atoms with Crippen LogP contribution in [0, 0.1) is 3.57 Å². The molecular formula is C15H22IN3O2S. The van der Waals surface area contributed by atoms with Crippen molar-refractivity contribution in [1.82, 2.24) is 15.5 Å². The minimum atomic E-state index is -0.221. The highest BCUT2D eigenvalue weighted by atomic mass is 127. The largest absolute Gasteiger partial charge is 0.496 e. The Balaban J connectivity index is 2.47. The van der Waals surface area contributed by atoms with E-state index in [9.17, 15) is 4.79 Å². The molecule has 0 heterocycles. The molecule has 2 N–H and O–H groups in total. The van der Waals surface area contributed by atoms with Crippen molar-refractivity contribution in [1.29, 1.82) is 0 Å². The second kappa shape index (κ2) is 9.96. The zero-order valence-corrected chi connectivity index (χ0v) is 16.1. The number of nitrogens with zero attached hydrogens (tertiary/aromatic N) is 1. The van der Waals surface area contributed by atoms with E-state index < -0.39 is 0 Å². The summed E-state index contributed by atoms with van der Waals surface area (Å²) in [6, 6.07) is 5.26. The van der Waals surface area contributed by atoms with Crippen molar-refractivity contribution in [2.24, 2.45) is 0 Å². The average Bonchev–Trinajstić information content (AvgIpc) is 2.51. The third-order valence-electron chi connectivity index (χ3n) is 3.25. The molecule has 0 spiro atoms. The van der Waals surface area contributed by atoms with Crippen LogP contribution in [-0.2, 0) is 0 Å². The van der Waals surface area contributed by atoms with Crippen molar-refractivity contribution in [3.8, 4) is 5.75 Å². The summed E-state index contributed by atoms with van der Waals surface area (Å²) >= 11 is 7.28. The molecule has 0 atom stereocenters. The lowest BCUT2D eigenvalue weighted by atomic mass is 10.2. The smallest absolute Gasteiger partial charge is 0.257 e. The van der Waals surface area contributed by atoms with E-state index in [1.165, 1.54) is 0 Å². The molecule has 0 aliphatic rings. The standard InChI is InChI=1S/C15H22IN3O2S/c1-4-19(5-2)9-8-17-15(22)18-14(20)11-6-7-13(21-3)12(16)10-11/h6-7,10H,4-5,8-9H2,1-3H3,(H2,17,18,20,22). The minimum Gasteiger partial charge on any atom is -0.496 e. The third kappa shape index (κ3) is 6.05. The molecule has 0 fully saturated rings. The Morgan fingerprint density at radius 1 is 1.36 bits per heavy atom. The predicted molar refractivity (Wildman–Crippen MR) is 102 cm³/mol. The molecule has 7 heteroatoms. The Morgan fingerprint density at radius 3 is 2.59 bits per heavy atom. The van der Waals surface area contributed by atoms with Crippen LogP contribution in [-0.4, -0.2) is 49.2 Å². The van der Waals surface area contributed by atoms with Gasteiger partial charge in [0.15, 0.2) is 5.11 Å². The number of thiocarbonyl (C=S) groups is 1. The molecular weight excluding hydrogens is 413 g/mol. The highest BCUT2D eigenvalue weighted by molar-refractivity contribution is 14.1. The third-order valence-corrected chi connectivity index (χ3v) is 4.34. The number of benzene rings is 1. The maximum atomic E-state index is 12.1. The lowest BCUT2D eigenvalue weighted by molar-refractivity contribution is 0.0976. The summed E-state index contributed by atoms with van der Waals surface area (Å²) < 4.78 is 6.06. The van der Waals surface area contributed by atoms with Crippen molar-refractivity contribution in [2.75, 3.05) is 33.3 Å². The number of carbonyl (C=O) groups is 1. The van der Waals surface area contributed by atoms with Gasteiger partial charge in [-0.15, -0.1) is 0 Å². The first kappa shape index (κ1) is 19.1. The number of nitrogens with one attached hydrogen (secondary N) is 2. The monoisotopic (exact) mass is 435 g/mol. The predicted octanol–water partition coefficient (Wildman–Crippen LogP) is 2.25. The van der Waals surface area contributed by atoms with Gasteiger partial charge in [-0.05, 0) is 66.1 Å².